The molecule has 0 bridgehead atoms. The molecule has 1 saturated carbocycles. The van der Waals surface area contributed by atoms with Gasteiger partial charge < -0.3 is 10.2 Å². The second kappa shape index (κ2) is 6.26. The Morgan fingerprint density at radius 2 is 2.08 bits per heavy atom. The van der Waals surface area contributed by atoms with Gasteiger partial charge in [-0.1, -0.05) is 0 Å². The molecule has 2 aromatic rings. The minimum atomic E-state index is -0.129. The van der Waals surface area contributed by atoms with Crippen LogP contribution in [0.2, 0.25) is 0 Å². The third kappa shape index (κ3) is 3.27. The van der Waals surface area contributed by atoms with Gasteiger partial charge in [-0.05, 0) is 56.4 Å². The summed E-state index contributed by atoms with van der Waals surface area (Å²) in [6, 6.07) is 5.99. The zero-order chi connectivity index (χ0) is 16.5. The Balaban J connectivity index is 1.41. The van der Waals surface area contributed by atoms with Gasteiger partial charge in [-0.25, -0.2) is 4.98 Å². The van der Waals surface area contributed by atoms with Crippen LogP contribution in [-0.2, 0) is 6.54 Å². The fourth-order valence-corrected chi connectivity index (χ4v) is 3.26. The summed E-state index contributed by atoms with van der Waals surface area (Å²) >= 11 is 0. The van der Waals surface area contributed by atoms with Gasteiger partial charge in [-0.3, -0.25) is 9.89 Å². The Hall–Kier alpha value is -2.37. The number of H-pyrrole nitrogens is 1. The average Bonchev–Trinajstić information content (AvgIpc) is 3.09. The molecule has 3 heterocycles. The van der Waals surface area contributed by atoms with Crippen LogP contribution in [0.4, 0.5) is 5.82 Å². The SMILES string of the molecule is Cc1cc(CNC(=O)c2cc(C3CC3)[nH]n2)cc(N2CCCC2)n1. The van der Waals surface area contributed by atoms with Crippen LogP contribution >= 0.6 is 0 Å². The van der Waals surface area contributed by atoms with Crippen molar-refractivity contribution in [3.8, 4) is 0 Å². The number of nitrogens with one attached hydrogen (secondary N) is 2. The van der Waals surface area contributed by atoms with Gasteiger partial charge in [0.1, 0.15) is 11.5 Å². The molecular formula is C18H23N5O. The average molecular weight is 325 g/mol. The molecule has 2 fully saturated rings. The van der Waals surface area contributed by atoms with Gasteiger partial charge >= 0.3 is 0 Å². The number of carbonyl (C=O) groups is 1. The van der Waals surface area contributed by atoms with E-state index in [9.17, 15) is 4.79 Å². The number of pyridine rings is 1. The van der Waals surface area contributed by atoms with Crippen molar-refractivity contribution >= 4 is 11.7 Å². The summed E-state index contributed by atoms with van der Waals surface area (Å²) < 4.78 is 0. The zero-order valence-electron chi connectivity index (χ0n) is 14.0. The maximum absolute atomic E-state index is 12.3. The van der Waals surface area contributed by atoms with Gasteiger partial charge in [0, 0.05) is 36.9 Å². The van der Waals surface area contributed by atoms with Gasteiger partial charge in [-0.2, -0.15) is 5.10 Å². The van der Waals surface area contributed by atoms with Crippen LogP contribution < -0.4 is 10.2 Å². The van der Waals surface area contributed by atoms with Crippen molar-refractivity contribution in [2.24, 2.45) is 0 Å². The number of amides is 1. The number of rotatable bonds is 5. The van der Waals surface area contributed by atoms with Crippen molar-refractivity contribution in [1.29, 1.82) is 0 Å². The lowest BCUT2D eigenvalue weighted by Gasteiger charge is -2.18. The summed E-state index contributed by atoms with van der Waals surface area (Å²) in [5.74, 6) is 1.47. The number of aromatic nitrogens is 3. The second-order valence-electron chi connectivity index (χ2n) is 6.83. The molecule has 0 atom stereocenters. The van der Waals surface area contributed by atoms with Crippen molar-refractivity contribution in [1.82, 2.24) is 20.5 Å². The lowest BCUT2D eigenvalue weighted by Crippen LogP contribution is -2.24. The van der Waals surface area contributed by atoms with Crippen LogP contribution in [-0.4, -0.2) is 34.2 Å². The molecule has 1 aliphatic heterocycles. The lowest BCUT2D eigenvalue weighted by atomic mass is 10.2. The molecule has 0 radical (unpaired) electrons. The largest absolute Gasteiger partial charge is 0.357 e. The standard InChI is InChI=1S/C18H23N5O/c1-12-8-13(9-17(20-12)23-6-2-3-7-23)11-19-18(24)16-10-15(21-22-16)14-4-5-14/h8-10,14H,2-7,11H2,1H3,(H,19,24)(H,21,22). The Labute approximate surface area is 141 Å². The highest BCUT2D eigenvalue weighted by atomic mass is 16.1. The van der Waals surface area contributed by atoms with Gasteiger partial charge in [-0.15, -0.1) is 0 Å². The van der Waals surface area contributed by atoms with E-state index < -0.39 is 0 Å². The highest BCUT2D eigenvalue weighted by molar-refractivity contribution is 5.92. The summed E-state index contributed by atoms with van der Waals surface area (Å²) in [7, 11) is 0. The van der Waals surface area contributed by atoms with E-state index in [2.05, 4.69) is 31.5 Å². The van der Waals surface area contributed by atoms with Gasteiger partial charge in [0.2, 0.25) is 0 Å². The fraction of sp³-hybridized carbons (Fsp3) is 0.500. The minimum absolute atomic E-state index is 0.129. The molecule has 1 amide bonds. The first-order valence-electron chi connectivity index (χ1n) is 8.75. The predicted molar refractivity (Wildman–Crippen MR) is 92.2 cm³/mol. The van der Waals surface area contributed by atoms with E-state index in [4.69, 9.17) is 0 Å². The van der Waals surface area contributed by atoms with E-state index in [-0.39, 0.29) is 5.91 Å². The fourth-order valence-electron chi connectivity index (χ4n) is 3.26. The first-order valence-corrected chi connectivity index (χ1v) is 8.75. The maximum Gasteiger partial charge on any atom is 0.272 e. The molecule has 0 unspecified atom stereocenters. The third-order valence-electron chi connectivity index (χ3n) is 4.73. The maximum atomic E-state index is 12.3. The van der Waals surface area contributed by atoms with E-state index in [1.807, 2.05) is 19.1 Å². The number of nitrogens with zero attached hydrogens (tertiary/aromatic N) is 3. The van der Waals surface area contributed by atoms with Crippen molar-refractivity contribution in [2.75, 3.05) is 18.0 Å². The summed E-state index contributed by atoms with van der Waals surface area (Å²) in [6.07, 6.45) is 4.84. The van der Waals surface area contributed by atoms with Crippen LogP contribution in [0.25, 0.3) is 0 Å². The molecule has 0 spiro atoms. The van der Waals surface area contributed by atoms with Crippen LogP contribution in [0, 0.1) is 6.92 Å². The van der Waals surface area contributed by atoms with Crippen molar-refractivity contribution in [3.05, 3.63) is 40.8 Å². The van der Waals surface area contributed by atoms with E-state index in [1.54, 1.807) is 0 Å². The molecule has 1 aliphatic carbocycles. The number of carbonyl (C=O) groups excluding carboxylic acids is 1. The van der Waals surface area contributed by atoms with Crippen LogP contribution in [0.15, 0.2) is 18.2 Å². The van der Waals surface area contributed by atoms with Crippen molar-refractivity contribution < 1.29 is 4.79 Å². The highest BCUT2D eigenvalue weighted by Gasteiger charge is 2.26. The van der Waals surface area contributed by atoms with E-state index in [0.29, 0.717) is 18.2 Å². The number of hydrogen-bond donors (Lipinski definition) is 2. The Kier molecular flexibility index (Phi) is 3.96. The van der Waals surface area contributed by atoms with Crippen LogP contribution in [0.1, 0.15) is 59.0 Å². The molecule has 2 N–H and O–H groups in total. The van der Waals surface area contributed by atoms with E-state index in [1.165, 1.54) is 25.7 Å². The normalized spacial score (nSPS) is 17.3. The van der Waals surface area contributed by atoms with Crippen LogP contribution in [0.3, 0.4) is 0 Å². The quantitative estimate of drug-likeness (QED) is 0.886. The predicted octanol–water partition coefficient (Wildman–Crippen LogP) is 2.52. The van der Waals surface area contributed by atoms with E-state index >= 15 is 0 Å². The topological polar surface area (TPSA) is 73.9 Å². The van der Waals surface area contributed by atoms with Crippen molar-refractivity contribution in [2.45, 2.75) is 45.1 Å². The second-order valence-corrected chi connectivity index (χ2v) is 6.83. The number of hydrogen-bond acceptors (Lipinski definition) is 4. The molecule has 2 aliphatic rings. The van der Waals surface area contributed by atoms with Gasteiger partial charge in [0.25, 0.3) is 5.91 Å². The van der Waals surface area contributed by atoms with Gasteiger partial charge in [0.15, 0.2) is 0 Å². The molecule has 126 valence electrons. The third-order valence-corrected chi connectivity index (χ3v) is 4.73. The molecule has 1 saturated heterocycles. The first-order chi connectivity index (χ1) is 11.7. The summed E-state index contributed by atoms with van der Waals surface area (Å²) in [5.41, 5.74) is 3.62. The Morgan fingerprint density at radius 1 is 1.29 bits per heavy atom. The lowest BCUT2D eigenvalue weighted by molar-refractivity contribution is 0.0946. The summed E-state index contributed by atoms with van der Waals surface area (Å²) in [4.78, 5) is 19.2. The smallest absolute Gasteiger partial charge is 0.272 e. The number of anilines is 1. The number of aryl methyl sites for hydroxylation is 1. The monoisotopic (exact) mass is 325 g/mol. The molecular weight excluding hydrogens is 302 g/mol. The molecule has 0 aromatic carbocycles. The van der Waals surface area contributed by atoms with E-state index in [0.717, 1.165) is 35.9 Å². The zero-order valence-corrected chi connectivity index (χ0v) is 14.0. The first kappa shape index (κ1) is 15.2. The summed E-state index contributed by atoms with van der Waals surface area (Å²) in [5, 5.41) is 10.1. The molecule has 6 heteroatoms. The summed E-state index contributed by atoms with van der Waals surface area (Å²) in [6.45, 7) is 4.63. The Bertz CT molecular complexity index is 744. The van der Waals surface area contributed by atoms with Crippen molar-refractivity contribution in [3.63, 3.8) is 0 Å². The molecule has 6 nitrogen and oxygen atoms in total. The Morgan fingerprint density at radius 3 is 2.83 bits per heavy atom. The van der Waals surface area contributed by atoms with Crippen LogP contribution in [0.5, 0.6) is 0 Å². The molecule has 24 heavy (non-hydrogen) atoms. The highest BCUT2D eigenvalue weighted by Crippen LogP contribution is 2.38. The number of aromatic amines is 1. The van der Waals surface area contributed by atoms with Gasteiger partial charge in [0.05, 0.1) is 0 Å². The minimum Gasteiger partial charge on any atom is -0.357 e. The molecule has 2 aromatic heterocycles. The molecule has 4 rings (SSSR count).